The number of fused-ring (bicyclic) bond motifs is 4. The molecule has 0 aliphatic carbocycles. The molecule has 0 atom stereocenters. The van der Waals surface area contributed by atoms with Crippen molar-refractivity contribution < 1.29 is 0 Å². The second-order valence-corrected chi connectivity index (χ2v) is 5.90. The lowest BCUT2D eigenvalue weighted by atomic mass is 10.0. The van der Waals surface area contributed by atoms with Crippen LogP contribution in [0.5, 0.6) is 0 Å². The van der Waals surface area contributed by atoms with Crippen molar-refractivity contribution in [3.8, 4) is 5.69 Å². The Morgan fingerprint density at radius 1 is 0.478 bits per heavy atom. The Morgan fingerprint density at radius 2 is 1.26 bits per heavy atom. The first-order valence-electron chi connectivity index (χ1n) is 7.89. The smallest absolute Gasteiger partial charge is 0.0534 e. The first kappa shape index (κ1) is 12.5. The van der Waals surface area contributed by atoms with Crippen molar-refractivity contribution in [3.05, 3.63) is 91.1 Å². The van der Waals surface area contributed by atoms with E-state index in [0.717, 1.165) is 0 Å². The minimum atomic E-state index is 1.23. The molecule has 0 aliphatic heterocycles. The van der Waals surface area contributed by atoms with E-state index >= 15 is 0 Å². The second kappa shape index (κ2) is 4.72. The molecule has 0 radical (unpaired) electrons. The largest absolute Gasteiger partial charge is 0.316 e. The fraction of sp³-hybridized carbons (Fsp3) is 0. The molecule has 0 unspecified atom stereocenters. The predicted octanol–water partition coefficient (Wildman–Crippen LogP) is 5.94. The number of hydrogen-bond acceptors (Lipinski definition) is 0. The van der Waals surface area contributed by atoms with Crippen molar-refractivity contribution in [1.29, 1.82) is 0 Å². The van der Waals surface area contributed by atoms with Gasteiger partial charge in [0.2, 0.25) is 0 Å². The van der Waals surface area contributed by atoms with Crippen LogP contribution in [0.3, 0.4) is 0 Å². The SMILES string of the molecule is c1ccc2c(c1)ccc1c(-n3ccc4ccccc43)cccc12. The molecule has 1 nitrogen and oxygen atoms in total. The molecule has 1 aromatic heterocycles. The van der Waals surface area contributed by atoms with Gasteiger partial charge in [0.1, 0.15) is 0 Å². The first-order valence-corrected chi connectivity index (χ1v) is 7.89. The summed E-state index contributed by atoms with van der Waals surface area (Å²) in [4.78, 5) is 0. The number of benzene rings is 4. The van der Waals surface area contributed by atoms with E-state index in [4.69, 9.17) is 0 Å². The third kappa shape index (κ3) is 1.80. The highest BCUT2D eigenvalue weighted by atomic mass is 15.0. The third-order valence-corrected chi connectivity index (χ3v) is 4.62. The molecule has 0 fully saturated rings. The normalized spacial score (nSPS) is 11.5. The maximum atomic E-state index is 2.28. The third-order valence-electron chi connectivity index (χ3n) is 4.62. The van der Waals surface area contributed by atoms with Crippen LogP contribution in [0, 0.1) is 0 Å². The molecular weight excluding hydrogens is 278 g/mol. The maximum absolute atomic E-state index is 2.28. The van der Waals surface area contributed by atoms with Gasteiger partial charge in [-0.25, -0.2) is 0 Å². The summed E-state index contributed by atoms with van der Waals surface area (Å²) in [5, 5.41) is 6.45. The summed E-state index contributed by atoms with van der Waals surface area (Å²) in [6.45, 7) is 0. The minimum absolute atomic E-state index is 1.23. The Labute approximate surface area is 134 Å². The van der Waals surface area contributed by atoms with E-state index in [1.807, 2.05) is 0 Å². The molecule has 5 rings (SSSR count). The lowest BCUT2D eigenvalue weighted by Gasteiger charge is -2.11. The van der Waals surface area contributed by atoms with E-state index in [-0.39, 0.29) is 0 Å². The zero-order valence-electron chi connectivity index (χ0n) is 12.6. The molecule has 23 heavy (non-hydrogen) atoms. The molecule has 0 spiro atoms. The van der Waals surface area contributed by atoms with Gasteiger partial charge >= 0.3 is 0 Å². The molecule has 0 aliphatic rings. The van der Waals surface area contributed by atoms with E-state index in [1.165, 1.54) is 38.1 Å². The van der Waals surface area contributed by atoms with Crippen molar-refractivity contribution in [2.45, 2.75) is 0 Å². The van der Waals surface area contributed by atoms with Gasteiger partial charge in [0, 0.05) is 11.6 Å². The van der Waals surface area contributed by atoms with Gasteiger partial charge in [-0.05, 0) is 39.7 Å². The monoisotopic (exact) mass is 293 g/mol. The molecule has 0 saturated carbocycles. The van der Waals surface area contributed by atoms with Gasteiger partial charge in [-0.1, -0.05) is 66.7 Å². The fourth-order valence-corrected chi connectivity index (χ4v) is 3.53. The quantitative estimate of drug-likeness (QED) is 0.337. The first-order chi connectivity index (χ1) is 11.4. The van der Waals surface area contributed by atoms with Crippen molar-refractivity contribution in [3.63, 3.8) is 0 Å². The Kier molecular flexibility index (Phi) is 2.56. The molecule has 5 aromatic rings. The Balaban J connectivity index is 1.90. The molecule has 0 N–H and O–H groups in total. The molecule has 1 heterocycles. The van der Waals surface area contributed by atoms with Crippen molar-refractivity contribution in [2.75, 3.05) is 0 Å². The highest BCUT2D eigenvalue weighted by molar-refractivity contribution is 6.10. The van der Waals surface area contributed by atoms with E-state index in [0.29, 0.717) is 0 Å². The van der Waals surface area contributed by atoms with Gasteiger partial charge in [0.15, 0.2) is 0 Å². The number of hydrogen-bond donors (Lipinski definition) is 0. The fourth-order valence-electron chi connectivity index (χ4n) is 3.53. The minimum Gasteiger partial charge on any atom is -0.316 e. The maximum Gasteiger partial charge on any atom is 0.0534 e. The predicted molar refractivity (Wildman–Crippen MR) is 98.3 cm³/mol. The topological polar surface area (TPSA) is 4.93 Å². The van der Waals surface area contributed by atoms with Crippen LogP contribution in [0.1, 0.15) is 0 Å². The summed E-state index contributed by atoms with van der Waals surface area (Å²) >= 11 is 0. The van der Waals surface area contributed by atoms with E-state index in [1.54, 1.807) is 0 Å². The van der Waals surface area contributed by atoms with Gasteiger partial charge in [0.25, 0.3) is 0 Å². The van der Waals surface area contributed by atoms with E-state index in [9.17, 15) is 0 Å². The number of para-hydroxylation sites is 1. The van der Waals surface area contributed by atoms with Gasteiger partial charge in [-0.15, -0.1) is 0 Å². The lowest BCUT2D eigenvalue weighted by Crippen LogP contribution is -1.93. The average Bonchev–Trinajstić information content (AvgIpc) is 3.05. The van der Waals surface area contributed by atoms with E-state index < -0.39 is 0 Å². The van der Waals surface area contributed by atoms with E-state index in [2.05, 4.69) is 95.7 Å². The van der Waals surface area contributed by atoms with Crippen molar-refractivity contribution in [2.24, 2.45) is 0 Å². The van der Waals surface area contributed by atoms with Gasteiger partial charge in [0.05, 0.1) is 11.2 Å². The summed E-state index contributed by atoms with van der Waals surface area (Å²) < 4.78 is 2.28. The number of aromatic nitrogens is 1. The molecule has 4 aromatic carbocycles. The van der Waals surface area contributed by atoms with Crippen LogP contribution in [0.25, 0.3) is 38.1 Å². The van der Waals surface area contributed by atoms with Crippen LogP contribution >= 0.6 is 0 Å². The van der Waals surface area contributed by atoms with Gasteiger partial charge in [-0.3, -0.25) is 0 Å². The molecule has 0 saturated heterocycles. The zero-order valence-corrected chi connectivity index (χ0v) is 12.6. The average molecular weight is 293 g/mol. The van der Waals surface area contributed by atoms with Gasteiger partial charge < -0.3 is 4.57 Å². The Hall–Kier alpha value is -3.06. The molecule has 0 amide bonds. The molecular formula is C22H15N. The second-order valence-electron chi connectivity index (χ2n) is 5.90. The van der Waals surface area contributed by atoms with Gasteiger partial charge in [-0.2, -0.15) is 0 Å². The summed E-state index contributed by atoms with van der Waals surface area (Å²) in [7, 11) is 0. The molecule has 108 valence electrons. The summed E-state index contributed by atoms with van der Waals surface area (Å²) in [5.74, 6) is 0. The van der Waals surface area contributed by atoms with Crippen LogP contribution in [0.2, 0.25) is 0 Å². The van der Waals surface area contributed by atoms with Crippen molar-refractivity contribution in [1.82, 2.24) is 4.57 Å². The number of rotatable bonds is 1. The summed E-state index contributed by atoms with van der Waals surface area (Å²) in [5.41, 5.74) is 2.47. The Bertz CT molecular complexity index is 1160. The highest BCUT2D eigenvalue weighted by Crippen LogP contribution is 2.31. The van der Waals surface area contributed by atoms with Crippen LogP contribution in [-0.2, 0) is 0 Å². The lowest BCUT2D eigenvalue weighted by molar-refractivity contribution is 1.14. The van der Waals surface area contributed by atoms with Crippen LogP contribution in [0.15, 0.2) is 91.1 Å². The van der Waals surface area contributed by atoms with Crippen LogP contribution < -0.4 is 0 Å². The highest BCUT2D eigenvalue weighted by Gasteiger charge is 2.08. The standard InChI is InChI=1S/C22H15N/c1-3-8-18-16(6-1)12-13-20-19(18)9-5-11-22(20)23-15-14-17-7-2-4-10-21(17)23/h1-15H. The Morgan fingerprint density at radius 3 is 2.22 bits per heavy atom. The summed E-state index contributed by atoms with van der Waals surface area (Å²) in [6.07, 6.45) is 2.16. The zero-order chi connectivity index (χ0) is 15.2. The van der Waals surface area contributed by atoms with Crippen LogP contribution in [-0.4, -0.2) is 4.57 Å². The summed E-state index contributed by atoms with van der Waals surface area (Å²) in [6, 6.07) is 30.3. The van der Waals surface area contributed by atoms with Crippen molar-refractivity contribution >= 4 is 32.4 Å². The molecule has 0 bridgehead atoms. The molecule has 1 heteroatoms. The van der Waals surface area contributed by atoms with Crippen LogP contribution in [0.4, 0.5) is 0 Å². The number of nitrogens with zero attached hydrogens (tertiary/aromatic N) is 1.